The molecule has 9 heteroatoms. The number of aromatic nitrogens is 2. The van der Waals surface area contributed by atoms with E-state index < -0.39 is 9.84 Å². The number of likely N-dealkylation sites (tertiary alicyclic amines) is 1. The summed E-state index contributed by atoms with van der Waals surface area (Å²) in [5, 5.41) is 2.57. The first-order valence-electron chi connectivity index (χ1n) is 9.81. The molecule has 8 nitrogen and oxygen atoms in total. The molecular weight excluding hydrogens is 404 g/mol. The van der Waals surface area contributed by atoms with Gasteiger partial charge in [0.2, 0.25) is 5.91 Å². The predicted octanol–water partition coefficient (Wildman–Crippen LogP) is 1.50. The lowest BCUT2D eigenvalue weighted by molar-refractivity contribution is -0.131. The van der Waals surface area contributed by atoms with Gasteiger partial charge in [0.25, 0.3) is 5.91 Å². The summed E-state index contributed by atoms with van der Waals surface area (Å²) in [5.74, 6) is 0.440. The SMILES string of the molecule is CNC(=O)c1cnc([C@@H]2CCCN(C(=O)Cc3ccc(S(C)(=O)=O)cc3)C2)nc1C. The van der Waals surface area contributed by atoms with Crippen molar-refractivity contribution in [2.75, 3.05) is 26.4 Å². The van der Waals surface area contributed by atoms with Gasteiger partial charge in [-0.25, -0.2) is 18.4 Å². The first-order valence-corrected chi connectivity index (χ1v) is 11.7. The molecule has 1 saturated heterocycles. The third kappa shape index (κ3) is 5.02. The number of piperidine rings is 1. The lowest BCUT2D eigenvalue weighted by Crippen LogP contribution is -2.40. The quantitative estimate of drug-likeness (QED) is 0.770. The van der Waals surface area contributed by atoms with Crippen LogP contribution in [0.4, 0.5) is 0 Å². The van der Waals surface area contributed by atoms with E-state index in [1.807, 2.05) is 4.90 Å². The van der Waals surface area contributed by atoms with E-state index in [1.54, 1.807) is 32.3 Å². The molecule has 1 aromatic heterocycles. The van der Waals surface area contributed by atoms with Crippen LogP contribution in [-0.4, -0.2) is 61.5 Å². The van der Waals surface area contributed by atoms with E-state index >= 15 is 0 Å². The summed E-state index contributed by atoms with van der Waals surface area (Å²) in [4.78, 5) is 35.6. The van der Waals surface area contributed by atoms with Gasteiger partial charge in [0.05, 0.1) is 22.6 Å². The Morgan fingerprint density at radius 1 is 1.23 bits per heavy atom. The maximum atomic E-state index is 12.8. The van der Waals surface area contributed by atoms with Crippen molar-refractivity contribution in [2.24, 2.45) is 0 Å². The number of hydrogen-bond donors (Lipinski definition) is 1. The van der Waals surface area contributed by atoms with Crippen LogP contribution in [0.25, 0.3) is 0 Å². The normalized spacial score (nSPS) is 16.9. The van der Waals surface area contributed by atoms with Gasteiger partial charge in [-0.3, -0.25) is 9.59 Å². The van der Waals surface area contributed by atoms with Crippen molar-refractivity contribution in [1.29, 1.82) is 0 Å². The van der Waals surface area contributed by atoms with E-state index in [2.05, 4.69) is 15.3 Å². The van der Waals surface area contributed by atoms with Gasteiger partial charge in [-0.2, -0.15) is 0 Å². The number of rotatable bonds is 5. The molecule has 0 saturated carbocycles. The van der Waals surface area contributed by atoms with Gasteiger partial charge in [-0.1, -0.05) is 12.1 Å². The molecule has 1 N–H and O–H groups in total. The van der Waals surface area contributed by atoms with E-state index in [4.69, 9.17) is 0 Å². The van der Waals surface area contributed by atoms with E-state index in [-0.39, 0.29) is 29.0 Å². The number of hydrogen-bond acceptors (Lipinski definition) is 6. The fraction of sp³-hybridized carbons (Fsp3) is 0.429. The fourth-order valence-corrected chi connectivity index (χ4v) is 4.23. The van der Waals surface area contributed by atoms with Crippen molar-refractivity contribution in [3.05, 3.63) is 53.1 Å². The summed E-state index contributed by atoms with van der Waals surface area (Å²) in [5.41, 5.74) is 1.84. The summed E-state index contributed by atoms with van der Waals surface area (Å²) in [7, 11) is -1.69. The van der Waals surface area contributed by atoms with Gasteiger partial charge in [0.15, 0.2) is 9.84 Å². The Hall–Kier alpha value is -2.81. The Labute approximate surface area is 176 Å². The van der Waals surface area contributed by atoms with Gasteiger partial charge in [0, 0.05) is 38.5 Å². The van der Waals surface area contributed by atoms with Crippen molar-refractivity contribution in [3.8, 4) is 0 Å². The second-order valence-corrected chi connectivity index (χ2v) is 9.59. The van der Waals surface area contributed by atoms with Crippen LogP contribution < -0.4 is 5.32 Å². The van der Waals surface area contributed by atoms with Gasteiger partial charge in [0.1, 0.15) is 5.82 Å². The van der Waals surface area contributed by atoms with Gasteiger partial charge in [-0.15, -0.1) is 0 Å². The fourth-order valence-electron chi connectivity index (χ4n) is 3.59. The first kappa shape index (κ1) is 21.9. The van der Waals surface area contributed by atoms with Crippen molar-refractivity contribution in [1.82, 2.24) is 20.2 Å². The van der Waals surface area contributed by atoms with Gasteiger partial charge >= 0.3 is 0 Å². The summed E-state index contributed by atoms with van der Waals surface area (Å²) >= 11 is 0. The highest BCUT2D eigenvalue weighted by Gasteiger charge is 2.27. The number of aryl methyl sites for hydroxylation is 1. The maximum absolute atomic E-state index is 12.8. The number of carbonyl (C=O) groups is 2. The summed E-state index contributed by atoms with van der Waals surface area (Å²) in [6.07, 6.45) is 4.65. The van der Waals surface area contributed by atoms with Crippen LogP contribution in [0.1, 0.15) is 46.2 Å². The number of carbonyl (C=O) groups excluding carboxylic acids is 2. The molecule has 160 valence electrons. The van der Waals surface area contributed by atoms with Gasteiger partial charge < -0.3 is 10.2 Å². The molecule has 0 radical (unpaired) electrons. The van der Waals surface area contributed by atoms with Crippen molar-refractivity contribution in [3.63, 3.8) is 0 Å². The summed E-state index contributed by atoms with van der Waals surface area (Å²) in [6.45, 7) is 2.98. The molecule has 1 aliphatic rings. The maximum Gasteiger partial charge on any atom is 0.254 e. The Bertz CT molecular complexity index is 1050. The summed E-state index contributed by atoms with van der Waals surface area (Å²) in [6, 6.07) is 6.42. The number of amides is 2. The van der Waals surface area contributed by atoms with Crippen LogP contribution in [0, 0.1) is 6.92 Å². The Balaban J connectivity index is 1.67. The molecule has 0 aliphatic carbocycles. The number of benzene rings is 1. The van der Waals surface area contributed by atoms with Crippen molar-refractivity contribution >= 4 is 21.7 Å². The zero-order valence-corrected chi connectivity index (χ0v) is 18.2. The van der Waals surface area contributed by atoms with Crippen molar-refractivity contribution < 1.29 is 18.0 Å². The third-order valence-electron chi connectivity index (χ3n) is 5.32. The molecule has 1 atom stereocenters. The monoisotopic (exact) mass is 430 g/mol. The lowest BCUT2D eigenvalue weighted by Gasteiger charge is -2.32. The van der Waals surface area contributed by atoms with Crippen LogP contribution >= 0.6 is 0 Å². The average molecular weight is 431 g/mol. The molecule has 2 amide bonds. The number of sulfone groups is 1. The van der Waals surface area contributed by atoms with Crippen LogP contribution in [0.3, 0.4) is 0 Å². The standard InChI is InChI=1S/C21H26N4O4S/c1-14-18(21(27)22-2)12-23-20(24-14)16-5-4-10-25(13-16)19(26)11-15-6-8-17(9-7-15)30(3,28)29/h6-9,12,16H,4-5,10-11,13H2,1-3H3,(H,22,27)/t16-/m1/s1. The molecule has 0 unspecified atom stereocenters. The Kier molecular flexibility index (Phi) is 6.50. The minimum Gasteiger partial charge on any atom is -0.355 e. The molecule has 1 aromatic carbocycles. The predicted molar refractivity (Wildman–Crippen MR) is 112 cm³/mol. The van der Waals surface area contributed by atoms with Crippen LogP contribution in [0.5, 0.6) is 0 Å². The minimum absolute atomic E-state index is 0.00879. The van der Waals surface area contributed by atoms with Gasteiger partial charge in [-0.05, 0) is 37.5 Å². The molecule has 1 aliphatic heterocycles. The number of nitrogens with zero attached hydrogens (tertiary/aromatic N) is 3. The van der Waals surface area contributed by atoms with E-state index in [0.717, 1.165) is 24.7 Å². The molecule has 1 fully saturated rings. The van der Waals surface area contributed by atoms with E-state index in [1.165, 1.54) is 12.1 Å². The molecule has 3 rings (SSSR count). The second-order valence-electron chi connectivity index (χ2n) is 7.58. The largest absolute Gasteiger partial charge is 0.355 e. The third-order valence-corrected chi connectivity index (χ3v) is 6.44. The highest BCUT2D eigenvalue weighted by atomic mass is 32.2. The second kappa shape index (κ2) is 8.91. The summed E-state index contributed by atoms with van der Waals surface area (Å²) < 4.78 is 23.1. The molecule has 2 heterocycles. The van der Waals surface area contributed by atoms with Crippen LogP contribution in [0.15, 0.2) is 35.4 Å². The number of nitrogens with one attached hydrogen (secondary N) is 1. The minimum atomic E-state index is -3.25. The zero-order valence-electron chi connectivity index (χ0n) is 17.4. The zero-order chi connectivity index (χ0) is 21.9. The highest BCUT2D eigenvalue weighted by molar-refractivity contribution is 7.90. The van der Waals surface area contributed by atoms with E-state index in [0.29, 0.717) is 30.2 Å². The van der Waals surface area contributed by atoms with Crippen molar-refractivity contribution in [2.45, 2.75) is 37.0 Å². The molecule has 0 bridgehead atoms. The Morgan fingerprint density at radius 2 is 1.93 bits per heavy atom. The first-order chi connectivity index (χ1) is 14.2. The smallest absolute Gasteiger partial charge is 0.254 e. The van der Waals surface area contributed by atoms with Crippen LogP contribution in [0.2, 0.25) is 0 Å². The molecule has 30 heavy (non-hydrogen) atoms. The van der Waals surface area contributed by atoms with Crippen LogP contribution in [-0.2, 0) is 21.1 Å². The Morgan fingerprint density at radius 3 is 2.53 bits per heavy atom. The average Bonchev–Trinajstić information content (AvgIpc) is 2.73. The molecule has 0 spiro atoms. The topological polar surface area (TPSA) is 109 Å². The van der Waals surface area contributed by atoms with E-state index in [9.17, 15) is 18.0 Å². The highest BCUT2D eigenvalue weighted by Crippen LogP contribution is 2.25. The molecular formula is C21H26N4O4S. The molecule has 2 aromatic rings. The lowest BCUT2D eigenvalue weighted by atomic mass is 9.96.